The van der Waals surface area contributed by atoms with Crippen LogP contribution in [0.15, 0.2) is 18.2 Å². The topological polar surface area (TPSA) is 64.1 Å². The van der Waals surface area contributed by atoms with Gasteiger partial charge in [-0.05, 0) is 37.5 Å². The van der Waals surface area contributed by atoms with Crippen LogP contribution < -0.4 is 0 Å². The van der Waals surface area contributed by atoms with E-state index in [0.29, 0.717) is 38.3 Å². The number of benzene rings is 1. The summed E-state index contributed by atoms with van der Waals surface area (Å²) in [5, 5.41) is 10.0. The van der Waals surface area contributed by atoms with E-state index < -0.39 is 0 Å². The molecule has 0 saturated carbocycles. The second-order valence-corrected chi connectivity index (χ2v) is 7.38. The van der Waals surface area contributed by atoms with E-state index in [-0.39, 0.29) is 17.6 Å². The maximum atomic E-state index is 12.6. The molecule has 2 aliphatic rings. The number of phenolic OH excluding ortho intramolecular Hbond substituents is 1. The van der Waals surface area contributed by atoms with Gasteiger partial charge in [0.2, 0.25) is 5.91 Å². The van der Waals surface area contributed by atoms with Crippen LogP contribution in [0.1, 0.15) is 41.6 Å². The summed E-state index contributed by atoms with van der Waals surface area (Å²) in [6, 6.07) is 5.13. The minimum Gasteiger partial charge on any atom is -0.507 e. The number of carbonyl (C=O) groups excluding carboxylic acids is 2. The van der Waals surface area contributed by atoms with E-state index >= 15 is 0 Å². The first-order chi connectivity index (χ1) is 12.5. The molecule has 0 aliphatic carbocycles. The van der Waals surface area contributed by atoms with Crippen LogP contribution in [0.2, 0.25) is 0 Å². The van der Waals surface area contributed by atoms with Crippen LogP contribution >= 0.6 is 0 Å². The Labute approximate surface area is 155 Å². The second kappa shape index (κ2) is 8.54. The zero-order chi connectivity index (χ0) is 18.5. The molecule has 1 aromatic rings. The summed E-state index contributed by atoms with van der Waals surface area (Å²) in [5.41, 5.74) is 1.28. The van der Waals surface area contributed by atoms with Gasteiger partial charge in [-0.3, -0.25) is 14.5 Å². The normalized spacial score (nSPS) is 19.3. The highest BCUT2D eigenvalue weighted by Gasteiger charge is 2.26. The van der Waals surface area contributed by atoms with E-state index in [1.165, 1.54) is 12.8 Å². The van der Waals surface area contributed by atoms with Gasteiger partial charge in [0.05, 0.1) is 12.1 Å². The van der Waals surface area contributed by atoms with E-state index in [9.17, 15) is 14.7 Å². The third kappa shape index (κ3) is 4.55. The number of phenols is 1. The van der Waals surface area contributed by atoms with Crippen LogP contribution in [0, 0.1) is 6.92 Å². The molecule has 6 heteroatoms. The largest absolute Gasteiger partial charge is 0.507 e. The van der Waals surface area contributed by atoms with Gasteiger partial charge in [-0.25, -0.2) is 0 Å². The molecular weight excluding hydrogens is 330 g/mol. The van der Waals surface area contributed by atoms with Crippen molar-refractivity contribution in [3.63, 3.8) is 0 Å². The van der Waals surface area contributed by atoms with Crippen LogP contribution in [0.4, 0.5) is 0 Å². The molecule has 2 aliphatic heterocycles. The smallest absolute Gasteiger partial charge is 0.257 e. The lowest BCUT2D eigenvalue weighted by Gasteiger charge is -2.35. The maximum Gasteiger partial charge on any atom is 0.257 e. The van der Waals surface area contributed by atoms with Gasteiger partial charge in [-0.2, -0.15) is 0 Å². The molecule has 1 N–H and O–H groups in total. The molecule has 0 spiro atoms. The van der Waals surface area contributed by atoms with Gasteiger partial charge in [0.1, 0.15) is 5.75 Å². The van der Waals surface area contributed by atoms with E-state index in [1.54, 1.807) is 17.0 Å². The molecule has 0 bridgehead atoms. The zero-order valence-electron chi connectivity index (χ0n) is 15.6. The number of rotatable bonds is 3. The van der Waals surface area contributed by atoms with Gasteiger partial charge in [0.15, 0.2) is 0 Å². The SMILES string of the molecule is Cc1ccc(C(=O)N2CCN(CC(=O)N3CCCCCC3)CC2)c(O)c1. The molecule has 3 rings (SSSR count). The van der Waals surface area contributed by atoms with Crippen molar-refractivity contribution >= 4 is 11.8 Å². The predicted octanol–water partition coefficient (Wildman–Crippen LogP) is 1.86. The molecule has 2 fully saturated rings. The van der Waals surface area contributed by atoms with Crippen LogP contribution in [-0.2, 0) is 4.79 Å². The number of hydrogen-bond donors (Lipinski definition) is 1. The van der Waals surface area contributed by atoms with Crippen molar-refractivity contribution < 1.29 is 14.7 Å². The summed E-state index contributed by atoms with van der Waals surface area (Å²) in [5.74, 6) is 0.109. The molecule has 2 amide bonds. The van der Waals surface area contributed by atoms with E-state index in [0.717, 1.165) is 31.5 Å². The highest BCUT2D eigenvalue weighted by atomic mass is 16.3. The molecule has 2 saturated heterocycles. The third-order valence-corrected chi connectivity index (χ3v) is 5.36. The van der Waals surface area contributed by atoms with Crippen molar-refractivity contribution in [2.45, 2.75) is 32.6 Å². The van der Waals surface area contributed by atoms with E-state index in [2.05, 4.69) is 4.90 Å². The predicted molar refractivity (Wildman–Crippen MR) is 100 cm³/mol. The Kier molecular flexibility index (Phi) is 6.14. The summed E-state index contributed by atoms with van der Waals surface area (Å²) < 4.78 is 0. The highest BCUT2D eigenvalue weighted by molar-refractivity contribution is 5.97. The Morgan fingerprint density at radius 3 is 2.19 bits per heavy atom. The number of carbonyl (C=O) groups is 2. The molecule has 2 heterocycles. The van der Waals surface area contributed by atoms with Crippen molar-refractivity contribution in [2.24, 2.45) is 0 Å². The van der Waals surface area contributed by atoms with Gasteiger partial charge in [-0.1, -0.05) is 18.9 Å². The zero-order valence-corrected chi connectivity index (χ0v) is 15.6. The molecule has 0 radical (unpaired) electrons. The van der Waals surface area contributed by atoms with Gasteiger partial charge in [0, 0.05) is 39.3 Å². The van der Waals surface area contributed by atoms with Crippen LogP contribution in [0.3, 0.4) is 0 Å². The number of aryl methyl sites for hydroxylation is 1. The number of amides is 2. The number of aromatic hydroxyl groups is 1. The van der Waals surface area contributed by atoms with Crippen molar-refractivity contribution in [3.8, 4) is 5.75 Å². The third-order valence-electron chi connectivity index (χ3n) is 5.36. The summed E-state index contributed by atoms with van der Waals surface area (Å²) >= 11 is 0. The Balaban J connectivity index is 1.50. The lowest BCUT2D eigenvalue weighted by molar-refractivity contribution is -0.132. The summed E-state index contributed by atoms with van der Waals surface area (Å²) in [6.07, 6.45) is 4.65. The second-order valence-electron chi connectivity index (χ2n) is 7.38. The van der Waals surface area contributed by atoms with Crippen molar-refractivity contribution in [1.29, 1.82) is 0 Å². The fourth-order valence-corrected chi connectivity index (χ4v) is 3.71. The monoisotopic (exact) mass is 359 g/mol. The minimum atomic E-state index is -0.138. The molecule has 0 unspecified atom stereocenters. The number of likely N-dealkylation sites (tertiary alicyclic amines) is 1. The summed E-state index contributed by atoms with van der Waals surface area (Å²) in [7, 11) is 0. The minimum absolute atomic E-state index is 0.0359. The van der Waals surface area contributed by atoms with Crippen molar-refractivity contribution in [2.75, 3.05) is 45.8 Å². The molecule has 142 valence electrons. The van der Waals surface area contributed by atoms with Gasteiger partial charge in [-0.15, -0.1) is 0 Å². The first-order valence-corrected chi connectivity index (χ1v) is 9.63. The standard InChI is InChI=1S/C20H29N3O3/c1-16-6-7-17(18(24)14-16)20(26)23-12-10-21(11-13-23)15-19(25)22-8-4-2-3-5-9-22/h6-7,14,24H,2-5,8-13,15H2,1H3. The van der Waals surface area contributed by atoms with Gasteiger partial charge in [0.25, 0.3) is 5.91 Å². The van der Waals surface area contributed by atoms with Gasteiger partial charge >= 0.3 is 0 Å². The Morgan fingerprint density at radius 2 is 1.58 bits per heavy atom. The van der Waals surface area contributed by atoms with Crippen LogP contribution in [0.25, 0.3) is 0 Å². The lowest BCUT2D eigenvalue weighted by Crippen LogP contribution is -2.51. The number of hydrogen-bond acceptors (Lipinski definition) is 4. The molecule has 1 aromatic carbocycles. The first-order valence-electron chi connectivity index (χ1n) is 9.63. The Hall–Kier alpha value is -2.08. The quantitative estimate of drug-likeness (QED) is 0.895. The van der Waals surface area contributed by atoms with Crippen molar-refractivity contribution in [3.05, 3.63) is 29.3 Å². The van der Waals surface area contributed by atoms with Crippen LogP contribution in [0.5, 0.6) is 5.75 Å². The molecular formula is C20H29N3O3. The fraction of sp³-hybridized carbons (Fsp3) is 0.600. The maximum absolute atomic E-state index is 12.6. The molecule has 0 aromatic heterocycles. The summed E-state index contributed by atoms with van der Waals surface area (Å²) in [6.45, 7) is 6.63. The fourth-order valence-electron chi connectivity index (χ4n) is 3.71. The van der Waals surface area contributed by atoms with Gasteiger partial charge < -0.3 is 14.9 Å². The Bertz CT molecular complexity index is 646. The average molecular weight is 359 g/mol. The van der Waals surface area contributed by atoms with Crippen LogP contribution in [-0.4, -0.2) is 77.4 Å². The first kappa shape index (κ1) is 18.7. The number of piperazine rings is 1. The summed E-state index contributed by atoms with van der Waals surface area (Å²) in [4.78, 5) is 31.0. The van der Waals surface area contributed by atoms with E-state index in [1.807, 2.05) is 17.9 Å². The molecule has 0 atom stereocenters. The average Bonchev–Trinajstić information content (AvgIpc) is 2.91. The Morgan fingerprint density at radius 1 is 0.923 bits per heavy atom. The molecule has 26 heavy (non-hydrogen) atoms. The molecule has 6 nitrogen and oxygen atoms in total. The highest BCUT2D eigenvalue weighted by Crippen LogP contribution is 2.21. The number of nitrogens with zero attached hydrogens (tertiary/aromatic N) is 3. The lowest BCUT2D eigenvalue weighted by atomic mass is 10.1. The van der Waals surface area contributed by atoms with E-state index in [4.69, 9.17) is 0 Å². The van der Waals surface area contributed by atoms with Crippen molar-refractivity contribution in [1.82, 2.24) is 14.7 Å².